The van der Waals surface area contributed by atoms with Gasteiger partial charge in [0.05, 0.1) is 0 Å². The Hall–Kier alpha value is -1.36. The summed E-state index contributed by atoms with van der Waals surface area (Å²) in [4.78, 5) is 17.7. The number of aromatic nitrogens is 2. The molecule has 0 atom stereocenters. The van der Waals surface area contributed by atoms with E-state index in [-0.39, 0.29) is 23.5 Å². The first kappa shape index (κ1) is 10.7. The van der Waals surface area contributed by atoms with Gasteiger partial charge in [-0.1, -0.05) is 0 Å². The summed E-state index contributed by atoms with van der Waals surface area (Å²) in [6.07, 6.45) is 3.55. The minimum atomic E-state index is -0.337. The number of hydrogen-bond acceptors (Lipinski definition) is 4. The average Bonchev–Trinajstić information content (AvgIpc) is 2.08. The third kappa shape index (κ3) is 2.85. The second kappa shape index (κ2) is 4.23. The van der Waals surface area contributed by atoms with Crippen LogP contribution >= 0.6 is 0 Å². The number of nitrogens with one attached hydrogen (secondary N) is 2. The lowest BCUT2D eigenvalue weighted by Crippen LogP contribution is -2.35. The van der Waals surface area contributed by atoms with Crippen molar-refractivity contribution in [2.24, 2.45) is 0 Å². The summed E-state index contributed by atoms with van der Waals surface area (Å²) in [5.74, 6) is 0.283. The summed E-state index contributed by atoms with van der Waals surface area (Å²) in [5, 5.41) is 11.8. The van der Waals surface area contributed by atoms with E-state index in [9.17, 15) is 4.79 Å². The maximum Gasteiger partial charge on any atom is 0.290 e. The Morgan fingerprint density at radius 1 is 1.64 bits per heavy atom. The molecule has 1 heterocycles. The zero-order valence-electron chi connectivity index (χ0n) is 8.37. The minimum absolute atomic E-state index is 0.0741. The highest BCUT2D eigenvalue weighted by Gasteiger charge is 2.18. The van der Waals surface area contributed by atoms with E-state index in [4.69, 9.17) is 5.11 Å². The van der Waals surface area contributed by atoms with Crippen LogP contribution in [0.15, 0.2) is 17.2 Å². The maximum atomic E-state index is 11.3. The molecular formula is C9H15N3O2. The monoisotopic (exact) mass is 197 g/mol. The molecular weight excluding hydrogens is 182 g/mol. The zero-order chi connectivity index (χ0) is 10.6. The van der Waals surface area contributed by atoms with Gasteiger partial charge in [-0.15, -0.1) is 0 Å². The highest BCUT2D eigenvalue weighted by atomic mass is 16.3. The molecule has 78 valence electrons. The largest absolute Gasteiger partial charge is 0.396 e. The standard InChI is InChI=1S/C9H15N3O2/c1-9(2,3-6-13)12-7-8(14)11-5-4-10-7/h4-5,13H,3,6H2,1-2H3,(H,10,12)(H,11,14). The van der Waals surface area contributed by atoms with Crippen LogP contribution in [0, 0.1) is 0 Å². The van der Waals surface area contributed by atoms with Gasteiger partial charge >= 0.3 is 0 Å². The molecule has 0 aliphatic rings. The van der Waals surface area contributed by atoms with Crippen LogP contribution < -0.4 is 10.9 Å². The molecule has 0 saturated heterocycles. The predicted molar refractivity (Wildman–Crippen MR) is 54.3 cm³/mol. The van der Waals surface area contributed by atoms with E-state index in [0.717, 1.165) is 0 Å². The summed E-state index contributed by atoms with van der Waals surface area (Å²) in [5.41, 5.74) is -0.589. The molecule has 0 saturated carbocycles. The van der Waals surface area contributed by atoms with E-state index in [1.54, 1.807) is 0 Å². The van der Waals surface area contributed by atoms with Gasteiger partial charge in [-0.25, -0.2) is 4.98 Å². The molecule has 1 aromatic heterocycles. The van der Waals surface area contributed by atoms with Crippen LogP contribution in [0.5, 0.6) is 0 Å². The van der Waals surface area contributed by atoms with Crippen LogP contribution in [-0.4, -0.2) is 27.2 Å². The van der Waals surface area contributed by atoms with Gasteiger partial charge in [-0.2, -0.15) is 0 Å². The molecule has 0 aromatic carbocycles. The van der Waals surface area contributed by atoms with Gasteiger partial charge in [-0.05, 0) is 20.3 Å². The van der Waals surface area contributed by atoms with E-state index < -0.39 is 0 Å². The van der Waals surface area contributed by atoms with Crippen molar-refractivity contribution in [1.29, 1.82) is 0 Å². The summed E-state index contributed by atoms with van der Waals surface area (Å²) in [6, 6.07) is 0. The van der Waals surface area contributed by atoms with Crippen molar-refractivity contribution in [1.82, 2.24) is 9.97 Å². The second-order valence-corrected chi connectivity index (χ2v) is 3.75. The maximum absolute atomic E-state index is 11.3. The fourth-order valence-corrected chi connectivity index (χ4v) is 1.10. The lowest BCUT2D eigenvalue weighted by atomic mass is 10.0. The highest BCUT2D eigenvalue weighted by Crippen LogP contribution is 2.12. The van der Waals surface area contributed by atoms with E-state index in [1.165, 1.54) is 12.4 Å². The Labute approximate surface area is 82.2 Å². The molecule has 14 heavy (non-hydrogen) atoms. The third-order valence-electron chi connectivity index (χ3n) is 1.90. The fourth-order valence-electron chi connectivity index (χ4n) is 1.10. The van der Waals surface area contributed by atoms with Crippen LogP contribution in [0.2, 0.25) is 0 Å². The van der Waals surface area contributed by atoms with E-state index >= 15 is 0 Å². The molecule has 0 aliphatic heterocycles. The molecule has 0 fully saturated rings. The number of hydrogen-bond donors (Lipinski definition) is 3. The normalized spacial score (nSPS) is 11.4. The average molecular weight is 197 g/mol. The van der Waals surface area contributed by atoms with Crippen LogP contribution in [0.1, 0.15) is 20.3 Å². The SMILES string of the molecule is CC(C)(CCO)Nc1ncc[nH]c1=O. The lowest BCUT2D eigenvalue weighted by molar-refractivity contribution is 0.260. The first-order valence-electron chi connectivity index (χ1n) is 4.48. The third-order valence-corrected chi connectivity index (χ3v) is 1.90. The van der Waals surface area contributed by atoms with Crippen LogP contribution in [0.25, 0.3) is 0 Å². The van der Waals surface area contributed by atoms with Crippen molar-refractivity contribution in [2.45, 2.75) is 25.8 Å². The fraction of sp³-hybridized carbons (Fsp3) is 0.556. The van der Waals surface area contributed by atoms with Gasteiger partial charge in [-0.3, -0.25) is 4.79 Å². The van der Waals surface area contributed by atoms with Gasteiger partial charge in [0.1, 0.15) is 0 Å². The van der Waals surface area contributed by atoms with E-state index in [1.807, 2.05) is 13.8 Å². The Morgan fingerprint density at radius 3 is 2.93 bits per heavy atom. The van der Waals surface area contributed by atoms with Gasteiger partial charge in [0.15, 0.2) is 5.82 Å². The molecule has 1 rings (SSSR count). The molecule has 0 aliphatic carbocycles. The van der Waals surface area contributed by atoms with Crippen molar-refractivity contribution in [3.05, 3.63) is 22.7 Å². The van der Waals surface area contributed by atoms with Crippen LogP contribution in [0.3, 0.4) is 0 Å². The van der Waals surface area contributed by atoms with Crippen molar-refractivity contribution >= 4 is 5.82 Å². The Balaban J connectivity index is 2.78. The zero-order valence-corrected chi connectivity index (χ0v) is 8.37. The predicted octanol–water partition coefficient (Wildman–Crippen LogP) is 0.343. The molecule has 1 aromatic rings. The summed E-state index contributed by atoms with van der Waals surface area (Å²) >= 11 is 0. The molecule has 3 N–H and O–H groups in total. The molecule has 5 nitrogen and oxygen atoms in total. The van der Waals surface area contributed by atoms with Crippen LogP contribution in [-0.2, 0) is 0 Å². The van der Waals surface area contributed by atoms with Gasteiger partial charge in [0, 0.05) is 24.5 Å². The Bertz CT molecular complexity index is 346. The minimum Gasteiger partial charge on any atom is -0.396 e. The summed E-state index contributed by atoms with van der Waals surface area (Å²) < 4.78 is 0. The molecule has 0 unspecified atom stereocenters. The molecule has 5 heteroatoms. The van der Waals surface area contributed by atoms with Crippen molar-refractivity contribution in [2.75, 3.05) is 11.9 Å². The molecule has 0 radical (unpaired) electrons. The number of nitrogens with zero attached hydrogens (tertiary/aromatic N) is 1. The van der Waals surface area contributed by atoms with Gasteiger partial charge < -0.3 is 15.4 Å². The Kier molecular flexibility index (Phi) is 3.24. The number of aromatic amines is 1. The first-order chi connectivity index (χ1) is 6.55. The molecule has 0 bridgehead atoms. The van der Waals surface area contributed by atoms with E-state index in [2.05, 4.69) is 15.3 Å². The number of aliphatic hydroxyl groups is 1. The van der Waals surface area contributed by atoms with Gasteiger partial charge in [0.2, 0.25) is 0 Å². The lowest BCUT2D eigenvalue weighted by Gasteiger charge is -2.25. The second-order valence-electron chi connectivity index (χ2n) is 3.75. The smallest absolute Gasteiger partial charge is 0.290 e. The van der Waals surface area contributed by atoms with Crippen molar-refractivity contribution in [3.8, 4) is 0 Å². The quantitative estimate of drug-likeness (QED) is 0.650. The number of H-pyrrole nitrogens is 1. The van der Waals surface area contributed by atoms with Crippen molar-refractivity contribution in [3.63, 3.8) is 0 Å². The van der Waals surface area contributed by atoms with E-state index in [0.29, 0.717) is 6.42 Å². The first-order valence-corrected chi connectivity index (χ1v) is 4.48. The van der Waals surface area contributed by atoms with Gasteiger partial charge in [0.25, 0.3) is 5.56 Å². The Morgan fingerprint density at radius 2 is 2.36 bits per heavy atom. The van der Waals surface area contributed by atoms with Crippen LogP contribution in [0.4, 0.5) is 5.82 Å². The number of anilines is 1. The van der Waals surface area contributed by atoms with Crippen molar-refractivity contribution < 1.29 is 5.11 Å². The topological polar surface area (TPSA) is 78.0 Å². The number of aliphatic hydroxyl groups excluding tert-OH is 1. The number of rotatable bonds is 4. The summed E-state index contributed by atoms with van der Waals surface area (Å²) in [6.45, 7) is 3.87. The summed E-state index contributed by atoms with van der Waals surface area (Å²) in [7, 11) is 0. The molecule has 0 spiro atoms. The highest BCUT2D eigenvalue weighted by molar-refractivity contribution is 5.33. The molecule has 0 amide bonds.